The van der Waals surface area contributed by atoms with Crippen molar-refractivity contribution in [1.82, 2.24) is 5.32 Å². The number of hydrogen-bond donors (Lipinski definition) is 1. The van der Waals surface area contributed by atoms with Crippen molar-refractivity contribution in [2.75, 3.05) is 24.7 Å². The molecule has 6 heteroatoms. The molecule has 1 aliphatic rings. The monoisotopic (exact) mass is 235 g/mol. The molecule has 1 heterocycles. The summed E-state index contributed by atoms with van der Waals surface area (Å²) in [5, 5.41) is 2.91. The first-order valence-electron chi connectivity index (χ1n) is 5.13. The summed E-state index contributed by atoms with van der Waals surface area (Å²) in [6, 6.07) is -0.104. The van der Waals surface area contributed by atoms with Crippen LogP contribution in [0.25, 0.3) is 0 Å². The van der Waals surface area contributed by atoms with Crippen LogP contribution in [-0.4, -0.2) is 45.1 Å². The van der Waals surface area contributed by atoms with Crippen LogP contribution < -0.4 is 5.32 Å². The fraction of sp³-hybridized carbons (Fsp3) is 0.889. The van der Waals surface area contributed by atoms with E-state index < -0.39 is 9.84 Å². The van der Waals surface area contributed by atoms with Crippen LogP contribution in [0.3, 0.4) is 0 Å². The molecule has 0 aromatic heterocycles. The predicted octanol–water partition coefficient (Wildman–Crippen LogP) is -0.284. The zero-order chi connectivity index (χ0) is 11.3. The lowest BCUT2D eigenvalue weighted by Gasteiger charge is -2.22. The van der Waals surface area contributed by atoms with E-state index in [2.05, 4.69) is 5.32 Å². The third kappa shape index (κ3) is 4.61. The second kappa shape index (κ2) is 5.46. The van der Waals surface area contributed by atoms with Crippen LogP contribution in [0.15, 0.2) is 0 Å². The number of nitrogens with one attached hydrogen (secondary N) is 1. The van der Waals surface area contributed by atoms with E-state index in [9.17, 15) is 13.2 Å². The summed E-state index contributed by atoms with van der Waals surface area (Å²) in [6.07, 6.45) is 1.47. The van der Waals surface area contributed by atoms with Gasteiger partial charge in [0.15, 0.2) is 9.84 Å². The van der Waals surface area contributed by atoms with Gasteiger partial charge in [-0.3, -0.25) is 4.79 Å². The second-order valence-corrected chi connectivity index (χ2v) is 5.87. The lowest BCUT2D eigenvalue weighted by Crippen LogP contribution is -2.42. The van der Waals surface area contributed by atoms with E-state index >= 15 is 0 Å². The van der Waals surface area contributed by atoms with Gasteiger partial charge in [-0.2, -0.15) is 0 Å². The molecule has 15 heavy (non-hydrogen) atoms. The zero-order valence-corrected chi connectivity index (χ0v) is 9.68. The van der Waals surface area contributed by atoms with Gasteiger partial charge in [0.05, 0.1) is 24.7 Å². The van der Waals surface area contributed by atoms with Gasteiger partial charge < -0.3 is 10.1 Å². The standard InChI is InChI=1S/C9H17NO4S/c1-2-14-9(11)6-10-8-4-3-5-15(12,13)7-8/h8,10H,2-7H2,1H3. The molecule has 1 aliphatic heterocycles. The molecule has 0 saturated carbocycles. The SMILES string of the molecule is CCOC(=O)CNC1CCCS(=O)(=O)C1. The normalized spacial score (nSPS) is 24.7. The molecule has 0 aromatic rings. The van der Waals surface area contributed by atoms with E-state index in [1.165, 1.54) is 0 Å². The Kier molecular flexibility index (Phi) is 4.53. The van der Waals surface area contributed by atoms with Crippen LogP contribution in [0.4, 0.5) is 0 Å². The van der Waals surface area contributed by atoms with Crippen molar-refractivity contribution in [2.24, 2.45) is 0 Å². The summed E-state index contributed by atoms with van der Waals surface area (Å²) in [7, 11) is -2.91. The highest BCUT2D eigenvalue weighted by Crippen LogP contribution is 2.11. The van der Waals surface area contributed by atoms with E-state index in [0.29, 0.717) is 13.0 Å². The first kappa shape index (κ1) is 12.4. The topological polar surface area (TPSA) is 72.5 Å². The third-order valence-corrected chi connectivity index (χ3v) is 4.12. The Bertz CT molecular complexity index is 312. The predicted molar refractivity (Wildman–Crippen MR) is 56.3 cm³/mol. The summed E-state index contributed by atoms with van der Waals surface area (Å²) in [6.45, 7) is 2.18. The number of carbonyl (C=O) groups is 1. The number of rotatable bonds is 4. The van der Waals surface area contributed by atoms with Crippen LogP contribution >= 0.6 is 0 Å². The van der Waals surface area contributed by atoms with Crippen molar-refractivity contribution >= 4 is 15.8 Å². The molecule has 1 unspecified atom stereocenters. The van der Waals surface area contributed by atoms with Crippen LogP contribution in [0, 0.1) is 0 Å². The third-order valence-electron chi connectivity index (χ3n) is 2.30. The Morgan fingerprint density at radius 2 is 2.27 bits per heavy atom. The zero-order valence-electron chi connectivity index (χ0n) is 8.86. The average Bonchev–Trinajstić information content (AvgIpc) is 2.14. The van der Waals surface area contributed by atoms with Crippen molar-refractivity contribution < 1.29 is 17.9 Å². The molecule has 1 N–H and O–H groups in total. The minimum absolute atomic E-state index is 0.0913. The maximum atomic E-state index is 11.3. The highest BCUT2D eigenvalue weighted by molar-refractivity contribution is 7.91. The lowest BCUT2D eigenvalue weighted by atomic mass is 10.2. The maximum Gasteiger partial charge on any atom is 0.319 e. The summed E-state index contributed by atoms with van der Waals surface area (Å²) < 4.78 is 27.3. The molecule has 0 aliphatic carbocycles. The Labute approximate surface area is 90.1 Å². The number of sulfone groups is 1. The van der Waals surface area contributed by atoms with Crippen LogP contribution in [0.2, 0.25) is 0 Å². The summed E-state index contributed by atoms with van der Waals surface area (Å²) >= 11 is 0. The lowest BCUT2D eigenvalue weighted by molar-refractivity contribution is -0.142. The summed E-state index contributed by atoms with van der Waals surface area (Å²) in [5.74, 6) is 0.0669. The molecule has 0 spiro atoms. The van der Waals surface area contributed by atoms with Gasteiger partial charge in [-0.05, 0) is 19.8 Å². The smallest absolute Gasteiger partial charge is 0.319 e. The van der Waals surface area contributed by atoms with Gasteiger partial charge in [-0.15, -0.1) is 0 Å². The fourth-order valence-electron chi connectivity index (χ4n) is 1.62. The quantitative estimate of drug-likeness (QED) is 0.678. The maximum absolute atomic E-state index is 11.3. The van der Waals surface area contributed by atoms with Crippen LogP contribution in [0.1, 0.15) is 19.8 Å². The van der Waals surface area contributed by atoms with Gasteiger partial charge in [-0.25, -0.2) is 8.42 Å². The molecule has 0 amide bonds. The number of esters is 1. The number of ether oxygens (including phenoxy) is 1. The molecule has 88 valence electrons. The first-order chi connectivity index (χ1) is 7.03. The summed E-state index contributed by atoms with van der Waals surface area (Å²) in [5.41, 5.74) is 0. The Morgan fingerprint density at radius 3 is 2.87 bits per heavy atom. The van der Waals surface area contributed by atoms with Crippen LogP contribution in [0.5, 0.6) is 0 Å². The molecule has 0 radical (unpaired) electrons. The van der Waals surface area contributed by atoms with Crippen molar-refractivity contribution in [2.45, 2.75) is 25.8 Å². The van der Waals surface area contributed by atoms with E-state index in [4.69, 9.17) is 4.74 Å². The van der Waals surface area contributed by atoms with Crippen molar-refractivity contribution in [1.29, 1.82) is 0 Å². The second-order valence-electron chi connectivity index (χ2n) is 3.64. The van der Waals surface area contributed by atoms with Crippen molar-refractivity contribution in [3.63, 3.8) is 0 Å². The molecule has 0 bridgehead atoms. The average molecular weight is 235 g/mol. The molecule has 1 saturated heterocycles. The minimum atomic E-state index is -2.91. The van der Waals surface area contributed by atoms with Gasteiger partial charge in [0.1, 0.15) is 0 Å². The van der Waals surface area contributed by atoms with Gasteiger partial charge in [-0.1, -0.05) is 0 Å². The van der Waals surface area contributed by atoms with Gasteiger partial charge >= 0.3 is 5.97 Å². The van der Waals surface area contributed by atoms with Crippen molar-refractivity contribution in [3.05, 3.63) is 0 Å². The van der Waals surface area contributed by atoms with Gasteiger partial charge in [0.25, 0.3) is 0 Å². The van der Waals surface area contributed by atoms with Gasteiger partial charge in [0, 0.05) is 6.04 Å². The Hall–Kier alpha value is -0.620. The number of carbonyl (C=O) groups excluding carboxylic acids is 1. The largest absolute Gasteiger partial charge is 0.465 e. The highest BCUT2D eigenvalue weighted by Gasteiger charge is 2.24. The highest BCUT2D eigenvalue weighted by atomic mass is 32.2. The van der Waals surface area contributed by atoms with E-state index in [1.54, 1.807) is 6.92 Å². The van der Waals surface area contributed by atoms with Crippen molar-refractivity contribution in [3.8, 4) is 0 Å². The molecule has 0 aromatic carbocycles. The Morgan fingerprint density at radius 1 is 1.53 bits per heavy atom. The van der Waals surface area contributed by atoms with E-state index in [-0.39, 0.29) is 30.1 Å². The first-order valence-corrected chi connectivity index (χ1v) is 6.95. The van der Waals surface area contributed by atoms with E-state index in [0.717, 1.165) is 6.42 Å². The molecule has 5 nitrogen and oxygen atoms in total. The molecule has 1 fully saturated rings. The fourth-order valence-corrected chi connectivity index (χ4v) is 3.29. The molecular weight excluding hydrogens is 218 g/mol. The molecular formula is C9H17NO4S. The van der Waals surface area contributed by atoms with Gasteiger partial charge in [0.2, 0.25) is 0 Å². The Balaban J connectivity index is 2.30. The molecule has 1 rings (SSSR count). The summed E-state index contributed by atoms with van der Waals surface area (Å²) in [4.78, 5) is 11.0. The number of hydrogen-bond acceptors (Lipinski definition) is 5. The minimum Gasteiger partial charge on any atom is -0.465 e. The van der Waals surface area contributed by atoms with E-state index in [1.807, 2.05) is 0 Å². The molecule has 1 atom stereocenters. The van der Waals surface area contributed by atoms with Crippen LogP contribution in [-0.2, 0) is 19.4 Å².